The van der Waals surface area contributed by atoms with Gasteiger partial charge in [0.25, 0.3) is 0 Å². The van der Waals surface area contributed by atoms with E-state index in [1.165, 1.54) is 0 Å². The highest BCUT2D eigenvalue weighted by atomic mass is 79.9. The smallest absolute Gasteiger partial charge is 0.141 e. The quantitative estimate of drug-likeness (QED) is 0.696. The number of aryl methyl sites for hydroxylation is 2. The highest BCUT2D eigenvalue weighted by Gasteiger charge is 2.08. The molecule has 20 heavy (non-hydrogen) atoms. The molecule has 0 bridgehead atoms. The number of ether oxygens (including phenoxy) is 1. The van der Waals surface area contributed by atoms with Gasteiger partial charge in [-0.2, -0.15) is 0 Å². The molecule has 0 saturated heterocycles. The van der Waals surface area contributed by atoms with Crippen LogP contribution in [0.5, 0.6) is 11.5 Å². The Morgan fingerprint density at radius 1 is 1.10 bits per heavy atom. The zero-order chi connectivity index (χ0) is 14.9. The van der Waals surface area contributed by atoms with Gasteiger partial charge in [0, 0.05) is 10.0 Å². The molecule has 5 heteroatoms. The maximum absolute atomic E-state index is 5.91. The molecule has 0 radical (unpaired) electrons. The third kappa shape index (κ3) is 3.40. The lowest BCUT2D eigenvalue weighted by Gasteiger charge is -2.12. The van der Waals surface area contributed by atoms with Gasteiger partial charge in [-0.3, -0.25) is 0 Å². The number of rotatable bonds is 3. The van der Waals surface area contributed by atoms with Gasteiger partial charge in [-0.15, -0.1) is 0 Å². The van der Waals surface area contributed by atoms with Crippen LogP contribution in [0.25, 0.3) is 0 Å². The topological polar surface area (TPSA) is 35.2 Å². The van der Waals surface area contributed by atoms with Crippen molar-refractivity contribution in [2.24, 2.45) is 5.73 Å². The minimum atomic E-state index is 0.368. The first-order chi connectivity index (χ1) is 9.38. The van der Waals surface area contributed by atoms with Crippen LogP contribution in [0.15, 0.2) is 39.3 Å². The number of benzene rings is 2. The van der Waals surface area contributed by atoms with Gasteiger partial charge in [0.15, 0.2) is 0 Å². The summed E-state index contributed by atoms with van der Waals surface area (Å²) in [6, 6.07) is 9.54. The average molecular weight is 415 g/mol. The van der Waals surface area contributed by atoms with Gasteiger partial charge in [0.05, 0.1) is 4.47 Å². The molecule has 0 aromatic heterocycles. The Morgan fingerprint density at radius 3 is 2.20 bits per heavy atom. The minimum absolute atomic E-state index is 0.368. The molecule has 2 N–H and O–H groups in total. The van der Waals surface area contributed by atoms with E-state index in [-0.39, 0.29) is 0 Å². The van der Waals surface area contributed by atoms with Crippen LogP contribution in [0.2, 0.25) is 0 Å². The van der Waals surface area contributed by atoms with Crippen LogP contribution in [-0.2, 0) is 0 Å². The molecule has 2 rings (SSSR count). The monoisotopic (exact) mass is 413 g/mol. The number of nitrogens with two attached hydrogens (primary N) is 1. The largest absolute Gasteiger partial charge is 0.456 e. The van der Waals surface area contributed by atoms with E-state index >= 15 is 0 Å². The number of hydrogen-bond acceptors (Lipinski definition) is 2. The van der Waals surface area contributed by atoms with Crippen LogP contribution in [0.1, 0.15) is 16.7 Å². The van der Waals surface area contributed by atoms with Gasteiger partial charge >= 0.3 is 0 Å². The fraction of sp³-hybridized carbons (Fsp3) is 0.133. The van der Waals surface area contributed by atoms with Crippen molar-refractivity contribution >= 4 is 49.1 Å². The molecule has 0 aliphatic rings. The Hall–Kier alpha value is -0.910. The minimum Gasteiger partial charge on any atom is -0.456 e. The Labute approximate surface area is 140 Å². The fourth-order valence-electron chi connectivity index (χ4n) is 1.83. The van der Waals surface area contributed by atoms with Crippen LogP contribution in [0.3, 0.4) is 0 Å². The second-order valence-electron chi connectivity index (χ2n) is 4.48. The van der Waals surface area contributed by atoms with E-state index in [1.54, 1.807) is 0 Å². The van der Waals surface area contributed by atoms with Crippen molar-refractivity contribution < 1.29 is 4.74 Å². The van der Waals surface area contributed by atoms with E-state index in [0.717, 1.165) is 37.1 Å². The van der Waals surface area contributed by atoms with Gasteiger partial charge in [0.2, 0.25) is 0 Å². The summed E-state index contributed by atoms with van der Waals surface area (Å²) in [6.45, 7) is 4.07. The van der Waals surface area contributed by atoms with E-state index < -0.39 is 0 Å². The van der Waals surface area contributed by atoms with Crippen molar-refractivity contribution in [3.8, 4) is 11.5 Å². The zero-order valence-electron chi connectivity index (χ0n) is 11.0. The van der Waals surface area contributed by atoms with Gasteiger partial charge in [-0.05, 0) is 71.2 Å². The van der Waals surface area contributed by atoms with Crippen molar-refractivity contribution in [1.29, 1.82) is 0 Å². The van der Waals surface area contributed by atoms with Crippen molar-refractivity contribution in [3.63, 3.8) is 0 Å². The van der Waals surface area contributed by atoms with Crippen LogP contribution in [0.4, 0.5) is 0 Å². The van der Waals surface area contributed by atoms with E-state index in [9.17, 15) is 0 Å². The number of halogens is 2. The van der Waals surface area contributed by atoms with Gasteiger partial charge in [-0.1, -0.05) is 28.1 Å². The maximum Gasteiger partial charge on any atom is 0.141 e. The molecule has 0 fully saturated rings. The number of hydrogen-bond donors (Lipinski definition) is 1. The summed E-state index contributed by atoms with van der Waals surface area (Å²) in [5.41, 5.74) is 8.68. The lowest BCUT2D eigenvalue weighted by atomic mass is 10.1. The molecule has 0 aliphatic heterocycles. The predicted molar refractivity (Wildman–Crippen MR) is 93.7 cm³/mol. The molecule has 0 amide bonds. The molecule has 2 nitrogen and oxygen atoms in total. The fourth-order valence-corrected chi connectivity index (χ4v) is 2.64. The normalized spacial score (nSPS) is 10.4. The third-order valence-electron chi connectivity index (χ3n) is 2.85. The standard InChI is InChI=1S/C15H13Br2NOS/c1-8-5-11(6-9(2)14(8)17)19-13-4-3-10(15(18)20)7-12(13)16/h3-7H,1-2H3,(H2,18,20). The molecule has 0 unspecified atom stereocenters. The SMILES string of the molecule is Cc1cc(Oc2ccc(C(N)=S)cc2Br)cc(C)c1Br. The molecule has 104 valence electrons. The highest BCUT2D eigenvalue weighted by Crippen LogP contribution is 2.33. The van der Waals surface area contributed by atoms with Gasteiger partial charge in [0.1, 0.15) is 16.5 Å². The van der Waals surface area contributed by atoms with Gasteiger partial charge < -0.3 is 10.5 Å². The average Bonchev–Trinajstić information content (AvgIpc) is 2.38. The maximum atomic E-state index is 5.91. The Morgan fingerprint density at radius 2 is 1.70 bits per heavy atom. The summed E-state index contributed by atoms with van der Waals surface area (Å²) < 4.78 is 7.83. The first-order valence-corrected chi connectivity index (χ1v) is 7.92. The van der Waals surface area contributed by atoms with Crippen molar-refractivity contribution in [2.45, 2.75) is 13.8 Å². The van der Waals surface area contributed by atoms with Crippen molar-refractivity contribution in [2.75, 3.05) is 0 Å². The number of thiocarbonyl (C=S) groups is 1. The summed E-state index contributed by atoms with van der Waals surface area (Å²) in [5.74, 6) is 1.53. The lowest BCUT2D eigenvalue weighted by Crippen LogP contribution is -2.09. The molecular formula is C15H13Br2NOS. The predicted octanol–water partition coefficient (Wildman–Crippen LogP) is 5.25. The van der Waals surface area contributed by atoms with Crippen LogP contribution in [0, 0.1) is 13.8 Å². The molecule has 2 aromatic carbocycles. The molecule has 0 spiro atoms. The molecule has 0 heterocycles. The lowest BCUT2D eigenvalue weighted by molar-refractivity contribution is 0.478. The van der Waals surface area contributed by atoms with E-state index in [1.807, 2.05) is 44.2 Å². The van der Waals surface area contributed by atoms with Crippen molar-refractivity contribution in [1.82, 2.24) is 0 Å². The summed E-state index contributed by atoms with van der Waals surface area (Å²) in [5, 5.41) is 0. The highest BCUT2D eigenvalue weighted by molar-refractivity contribution is 9.10. The molecule has 2 aromatic rings. The summed E-state index contributed by atoms with van der Waals surface area (Å²) in [6.07, 6.45) is 0. The molecule has 0 atom stereocenters. The summed E-state index contributed by atoms with van der Waals surface area (Å²) in [7, 11) is 0. The molecule has 0 aliphatic carbocycles. The van der Waals surface area contributed by atoms with E-state index in [2.05, 4.69) is 31.9 Å². The second-order valence-corrected chi connectivity index (χ2v) is 6.57. The first-order valence-electron chi connectivity index (χ1n) is 5.92. The summed E-state index contributed by atoms with van der Waals surface area (Å²) >= 11 is 12.0. The van der Waals surface area contributed by atoms with Crippen LogP contribution >= 0.6 is 44.1 Å². The summed E-state index contributed by atoms with van der Waals surface area (Å²) in [4.78, 5) is 0.368. The Bertz CT molecular complexity index is 663. The third-order valence-corrected chi connectivity index (χ3v) is 4.96. The van der Waals surface area contributed by atoms with Gasteiger partial charge in [-0.25, -0.2) is 0 Å². The van der Waals surface area contributed by atoms with E-state index in [4.69, 9.17) is 22.7 Å². The first kappa shape index (κ1) is 15.5. The second kappa shape index (κ2) is 6.24. The molecular weight excluding hydrogens is 402 g/mol. The Kier molecular flexibility index (Phi) is 4.83. The zero-order valence-corrected chi connectivity index (χ0v) is 15.0. The van der Waals surface area contributed by atoms with Crippen LogP contribution < -0.4 is 10.5 Å². The Balaban J connectivity index is 2.33. The molecule has 0 saturated carbocycles. The van der Waals surface area contributed by atoms with E-state index in [0.29, 0.717) is 4.99 Å². The van der Waals surface area contributed by atoms with Crippen LogP contribution in [-0.4, -0.2) is 4.99 Å². The van der Waals surface area contributed by atoms with Crippen molar-refractivity contribution in [3.05, 3.63) is 56.0 Å².